The second kappa shape index (κ2) is 10.6. The third-order valence-corrected chi connectivity index (χ3v) is 6.16. The molecule has 0 atom stereocenters. The van der Waals surface area contributed by atoms with Crippen LogP contribution in [0.1, 0.15) is 28.4 Å². The average Bonchev–Trinajstić information content (AvgIpc) is 2.76. The smallest absolute Gasteiger partial charge is 0.339 e. The summed E-state index contributed by atoms with van der Waals surface area (Å²) in [6.07, 6.45) is 1.44. The highest BCUT2D eigenvalue weighted by molar-refractivity contribution is 14.1. The summed E-state index contributed by atoms with van der Waals surface area (Å²) < 4.78 is 37.0. The third kappa shape index (κ3) is 6.30. The lowest BCUT2D eigenvalue weighted by molar-refractivity contribution is 0.0955. The normalized spacial score (nSPS) is 11.3. The van der Waals surface area contributed by atoms with E-state index >= 15 is 0 Å². The number of amides is 1. The van der Waals surface area contributed by atoms with E-state index in [1.807, 2.05) is 13.0 Å². The van der Waals surface area contributed by atoms with Crippen LogP contribution in [0.2, 0.25) is 0 Å². The largest absolute Gasteiger partial charge is 0.490 e. The van der Waals surface area contributed by atoms with Crippen LogP contribution in [-0.4, -0.2) is 27.1 Å². The van der Waals surface area contributed by atoms with Crippen LogP contribution in [0, 0.1) is 10.5 Å². The molecule has 0 bridgehead atoms. The van der Waals surface area contributed by atoms with E-state index in [4.69, 9.17) is 8.92 Å². The number of benzene rings is 3. The lowest BCUT2D eigenvalue weighted by Crippen LogP contribution is -2.17. The molecule has 7 nitrogen and oxygen atoms in total. The summed E-state index contributed by atoms with van der Waals surface area (Å²) >= 11 is 2.13. The van der Waals surface area contributed by atoms with Gasteiger partial charge in [0.2, 0.25) is 0 Å². The van der Waals surface area contributed by atoms with Crippen molar-refractivity contribution in [3.05, 3.63) is 87.0 Å². The van der Waals surface area contributed by atoms with Crippen LogP contribution in [-0.2, 0) is 10.1 Å². The Bertz CT molecular complexity index is 1240. The van der Waals surface area contributed by atoms with E-state index in [2.05, 4.69) is 33.1 Å². The predicted molar refractivity (Wildman–Crippen MR) is 131 cm³/mol. The Morgan fingerprint density at radius 2 is 1.81 bits per heavy atom. The van der Waals surface area contributed by atoms with E-state index in [9.17, 15) is 13.2 Å². The molecule has 1 amide bonds. The van der Waals surface area contributed by atoms with Crippen LogP contribution in [0.25, 0.3) is 0 Å². The summed E-state index contributed by atoms with van der Waals surface area (Å²) in [6.45, 7) is 3.96. The van der Waals surface area contributed by atoms with Crippen LogP contribution in [0.15, 0.2) is 76.7 Å². The molecule has 0 saturated carbocycles. The maximum atomic E-state index is 12.6. The number of ether oxygens (including phenoxy) is 1. The van der Waals surface area contributed by atoms with E-state index in [0.29, 0.717) is 17.7 Å². The standard InChI is InChI=1S/C23H21IN2O5S/c1-3-30-22-13-17(15-25-26-23(27)18-5-4-6-19(24)14-18)9-12-21(22)31-32(28,29)20-10-7-16(2)8-11-20/h4-15H,3H2,1-2H3,(H,26,27)/b25-15-. The number of carbonyl (C=O) groups excluding carboxylic acids is 1. The van der Waals surface area contributed by atoms with Gasteiger partial charge in [-0.2, -0.15) is 13.5 Å². The molecule has 3 aromatic rings. The zero-order chi connectivity index (χ0) is 23.1. The van der Waals surface area contributed by atoms with Crippen LogP contribution in [0.3, 0.4) is 0 Å². The first-order chi connectivity index (χ1) is 15.3. The maximum absolute atomic E-state index is 12.6. The van der Waals surface area contributed by atoms with E-state index in [1.54, 1.807) is 49.4 Å². The molecule has 0 aliphatic heterocycles. The Hall–Kier alpha value is -2.92. The average molecular weight is 564 g/mol. The number of aryl methyl sites for hydroxylation is 1. The molecule has 0 heterocycles. The van der Waals surface area contributed by atoms with Crippen LogP contribution >= 0.6 is 22.6 Å². The van der Waals surface area contributed by atoms with Crippen molar-refractivity contribution in [3.63, 3.8) is 0 Å². The number of rotatable bonds is 8. The number of hydrogen-bond acceptors (Lipinski definition) is 6. The van der Waals surface area contributed by atoms with Gasteiger partial charge in [0.1, 0.15) is 4.90 Å². The Labute approximate surface area is 200 Å². The third-order valence-electron chi connectivity index (χ3n) is 4.24. The summed E-state index contributed by atoms with van der Waals surface area (Å²) in [6, 6.07) is 18.2. The molecule has 0 spiro atoms. The summed E-state index contributed by atoms with van der Waals surface area (Å²) in [5, 5.41) is 3.97. The second-order valence-electron chi connectivity index (χ2n) is 6.70. The number of halogens is 1. The van der Waals surface area contributed by atoms with Gasteiger partial charge in [-0.05, 0) is 90.5 Å². The highest BCUT2D eigenvalue weighted by Gasteiger charge is 2.19. The number of hydrogen-bond donors (Lipinski definition) is 1. The van der Waals surface area contributed by atoms with E-state index < -0.39 is 10.1 Å². The molecule has 0 aliphatic rings. The molecule has 9 heteroatoms. The lowest BCUT2D eigenvalue weighted by Gasteiger charge is -2.12. The van der Waals surface area contributed by atoms with Crippen LogP contribution < -0.4 is 14.3 Å². The van der Waals surface area contributed by atoms with Crippen LogP contribution in [0.4, 0.5) is 0 Å². The van der Waals surface area contributed by atoms with Gasteiger partial charge in [0.05, 0.1) is 12.8 Å². The van der Waals surface area contributed by atoms with Crippen molar-refractivity contribution in [2.45, 2.75) is 18.7 Å². The molecule has 166 valence electrons. The van der Waals surface area contributed by atoms with Gasteiger partial charge in [-0.15, -0.1) is 0 Å². The Morgan fingerprint density at radius 3 is 2.50 bits per heavy atom. The molecule has 3 rings (SSSR count). The summed E-state index contributed by atoms with van der Waals surface area (Å²) in [5.74, 6) is -0.0301. The van der Waals surface area contributed by atoms with Crippen molar-refractivity contribution in [1.82, 2.24) is 5.43 Å². The number of carbonyl (C=O) groups is 1. The molecule has 0 unspecified atom stereocenters. The fourth-order valence-corrected chi connectivity index (χ4v) is 4.16. The Kier molecular flexibility index (Phi) is 7.86. The summed E-state index contributed by atoms with van der Waals surface area (Å²) in [7, 11) is -4.02. The first-order valence-corrected chi connectivity index (χ1v) is 12.1. The van der Waals surface area contributed by atoms with E-state index in [0.717, 1.165) is 9.13 Å². The SMILES string of the molecule is CCOc1cc(/C=N\NC(=O)c2cccc(I)c2)ccc1OS(=O)(=O)c1ccc(C)cc1. The summed E-state index contributed by atoms with van der Waals surface area (Å²) in [5.41, 5.74) is 4.49. The monoisotopic (exact) mass is 564 g/mol. The highest BCUT2D eigenvalue weighted by atomic mass is 127. The minimum atomic E-state index is -4.02. The second-order valence-corrected chi connectivity index (χ2v) is 9.49. The van der Waals surface area contributed by atoms with Gasteiger partial charge in [-0.25, -0.2) is 5.43 Å². The number of hydrazone groups is 1. The molecule has 1 N–H and O–H groups in total. The fourth-order valence-electron chi connectivity index (χ4n) is 2.67. The molecule has 0 fully saturated rings. The lowest BCUT2D eigenvalue weighted by atomic mass is 10.2. The van der Waals surface area contributed by atoms with Crippen LogP contribution in [0.5, 0.6) is 11.5 Å². The maximum Gasteiger partial charge on any atom is 0.339 e. The van der Waals surface area contributed by atoms with Crippen molar-refractivity contribution in [3.8, 4) is 11.5 Å². The zero-order valence-corrected chi connectivity index (χ0v) is 20.4. The number of nitrogens with one attached hydrogen (secondary N) is 1. The zero-order valence-electron chi connectivity index (χ0n) is 17.4. The molecule has 0 aromatic heterocycles. The van der Waals surface area contributed by atoms with Gasteiger partial charge in [-0.3, -0.25) is 4.79 Å². The van der Waals surface area contributed by atoms with Gasteiger partial charge in [0.15, 0.2) is 11.5 Å². The Morgan fingerprint density at radius 1 is 1.06 bits per heavy atom. The van der Waals surface area contributed by atoms with Gasteiger partial charge in [0.25, 0.3) is 5.91 Å². The van der Waals surface area contributed by atoms with Crippen molar-refractivity contribution in [1.29, 1.82) is 0 Å². The van der Waals surface area contributed by atoms with E-state index in [-0.39, 0.29) is 22.3 Å². The predicted octanol–water partition coefficient (Wildman–Crippen LogP) is 4.53. The molecule has 0 aliphatic carbocycles. The quantitative estimate of drug-likeness (QED) is 0.188. The van der Waals surface area contributed by atoms with Crippen molar-refractivity contribution < 1.29 is 22.1 Å². The number of nitrogens with zero attached hydrogens (tertiary/aromatic N) is 1. The highest BCUT2D eigenvalue weighted by Crippen LogP contribution is 2.31. The molecule has 0 radical (unpaired) electrons. The van der Waals surface area contributed by atoms with Gasteiger partial charge >= 0.3 is 10.1 Å². The van der Waals surface area contributed by atoms with Crippen molar-refractivity contribution in [2.24, 2.45) is 5.10 Å². The van der Waals surface area contributed by atoms with Crippen molar-refractivity contribution in [2.75, 3.05) is 6.61 Å². The van der Waals surface area contributed by atoms with E-state index in [1.165, 1.54) is 24.4 Å². The molecular weight excluding hydrogens is 543 g/mol. The molecular formula is C23H21IN2O5S. The van der Waals surface area contributed by atoms with Gasteiger partial charge in [-0.1, -0.05) is 23.8 Å². The Balaban J connectivity index is 1.76. The first-order valence-electron chi connectivity index (χ1n) is 9.65. The minimum Gasteiger partial charge on any atom is -0.490 e. The van der Waals surface area contributed by atoms with Crippen molar-refractivity contribution >= 4 is 44.8 Å². The molecule has 0 saturated heterocycles. The van der Waals surface area contributed by atoms with Gasteiger partial charge in [0, 0.05) is 9.13 Å². The summed E-state index contributed by atoms with van der Waals surface area (Å²) in [4.78, 5) is 12.2. The van der Waals surface area contributed by atoms with Gasteiger partial charge < -0.3 is 8.92 Å². The molecule has 3 aromatic carbocycles. The first kappa shape index (κ1) is 23.7. The molecule has 32 heavy (non-hydrogen) atoms. The minimum absolute atomic E-state index is 0.0504. The topological polar surface area (TPSA) is 94.1 Å². The fraction of sp³-hybridized carbons (Fsp3) is 0.130.